The highest BCUT2D eigenvalue weighted by molar-refractivity contribution is 7.89. The van der Waals surface area contributed by atoms with Gasteiger partial charge in [-0.15, -0.1) is 11.3 Å². The molecule has 1 aliphatic heterocycles. The van der Waals surface area contributed by atoms with Gasteiger partial charge in [0.2, 0.25) is 10.0 Å². The van der Waals surface area contributed by atoms with Crippen molar-refractivity contribution >= 4 is 44.8 Å². The van der Waals surface area contributed by atoms with Crippen LogP contribution in [0.25, 0.3) is 10.4 Å². The lowest BCUT2D eigenvalue weighted by Crippen LogP contribution is -2.42. The Balaban J connectivity index is 2.08. The van der Waals surface area contributed by atoms with Crippen molar-refractivity contribution in [3.05, 3.63) is 33.4 Å². The smallest absolute Gasteiger partial charge is 0.280 e. The molecule has 0 saturated carbocycles. The van der Waals surface area contributed by atoms with Crippen molar-refractivity contribution in [1.82, 2.24) is 19.9 Å². The third-order valence-corrected chi connectivity index (χ3v) is 10.4. The minimum Gasteiger partial charge on any atom is -0.389 e. The average molecular weight is 599 g/mol. The third-order valence-electron chi connectivity index (χ3n) is 6.94. The molecule has 39 heavy (non-hydrogen) atoms. The fraction of sp³-hybridized carbons (Fsp3) is 0.593. The number of sulfonamides is 1. The van der Waals surface area contributed by atoms with Gasteiger partial charge >= 0.3 is 0 Å². The van der Waals surface area contributed by atoms with Crippen molar-refractivity contribution in [2.45, 2.75) is 83.8 Å². The second-order valence-corrected chi connectivity index (χ2v) is 14.6. The van der Waals surface area contributed by atoms with Crippen LogP contribution in [0.1, 0.15) is 86.7 Å². The van der Waals surface area contributed by atoms with E-state index in [1.165, 1.54) is 6.07 Å². The van der Waals surface area contributed by atoms with Crippen molar-refractivity contribution < 1.29 is 23.1 Å². The zero-order chi connectivity index (χ0) is 29.3. The van der Waals surface area contributed by atoms with Gasteiger partial charge in [0, 0.05) is 30.7 Å². The van der Waals surface area contributed by atoms with Crippen LogP contribution in [-0.2, 0) is 10.0 Å². The van der Waals surface area contributed by atoms with Crippen LogP contribution < -0.4 is 10.0 Å². The van der Waals surface area contributed by atoms with Crippen LogP contribution in [0.2, 0.25) is 5.02 Å². The minimum absolute atomic E-state index is 0.00156. The summed E-state index contributed by atoms with van der Waals surface area (Å²) < 4.78 is 29.1. The Bertz CT molecular complexity index is 1340. The molecule has 1 aromatic carbocycles. The first kappa shape index (κ1) is 31.5. The molecular formula is C27H39ClN4O5S2. The number of thiazole rings is 1. The second kappa shape index (κ2) is 11.8. The number of nitrogens with one attached hydrogen (secondary N) is 2. The van der Waals surface area contributed by atoms with Gasteiger partial charge in [0.15, 0.2) is 5.01 Å². The molecule has 0 atom stereocenters. The van der Waals surface area contributed by atoms with E-state index in [0.29, 0.717) is 41.4 Å². The highest BCUT2D eigenvalue weighted by Gasteiger charge is 2.32. The van der Waals surface area contributed by atoms with E-state index in [2.05, 4.69) is 21.9 Å². The van der Waals surface area contributed by atoms with Crippen molar-refractivity contribution in [3.63, 3.8) is 0 Å². The van der Waals surface area contributed by atoms with E-state index in [1.807, 2.05) is 6.92 Å². The summed E-state index contributed by atoms with van der Waals surface area (Å²) in [6.07, 6.45) is 2.34. The first-order valence-electron chi connectivity index (χ1n) is 13.1. The molecule has 2 amide bonds. The quantitative estimate of drug-likeness (QED) is 0.387. The molecule has 2 aromatic rings. The molecule has 1 fully saturated rings. The van der Waals surface area contributed by atoms with E-state index in [-0.39, 0.29) is 33.1 Å². The molecule has 0 unspecified atom stereocenters. The van der Waals surface area contributed by atoms with E-state index in [1.54, 1.807) is 45.6 Å². The summed E-state index contributed by atoms with van der Waals surface area (Å²) in [7, 11) is -3.87. The lowest BCUT2D eigenvalue weighted by Gasteiger charge is -2.30. The number of aromatic nitrogens is 1. The molecule has 3 rings (SSSR count). The highest BCUT2D eigenvalue weighted by atomic mass is 35.5. The summed E-state index contributed by atoms with van der Waals surface area (Å²) >= 11 is 7.78. The molecule has 9 nitrogen and oxygen atoms in total. The fourth-order valence-electron chi connectivity index (χ4n) is 4.10. The number of benzene rings is 1. The Morgan fingerprint density at radius 3 is 2.38 bits per heavy atom. The topological polar surface area (TPSA) is 129 Å². The molecule has 0 spiro atoms. The van der Waals surface area contributed by atoms with E-state index in [4.69, 9.17) is 11.6 Å². The second-order valence-electron chi connectivity index (χ2n) is 11.6. The normalized spacial score (nSPS) is 15.5. The molecular weight excluding hydrogens is 560 g/mol. The van der Waals surface area contributed by atoms with Crippen LogP contribution in [0.4, 0.5) is 0 Å². The summed E-state index contributed by atoms with van der Waals surface area (Å²) in [5.74, 6) is -0.302. The van der Waals surface area contributed by atoms with Crippen LogP contribution in [0.5, 0.6) is 0 Å². The van der Waals surface area contributed by atoms with E-state index in [9.17, 15) is 23.1 Å². The van der Waals surface area contributed by atoms with E-state index >= 15 is 0 Å². The Kier molecular flexibility index (Phi) is 9.54. The molecule has 1 aliphatic rings. The number of likely N-dealkylation sites (tertiary alicyclic amines) is 1. The largest absolute Gasteiger partial charge is 0.389 e. The number of nitrogens with zero attached hydrogens (tertiary/aromatic N) is 2. The number of carbonyl (C=O) groups excluding carboxylic acids is 2. The van der Waals surface area contributed by atoms with Gasteiger partial charge in [0.05, 0.1) is 20.4 Å². The summed E-state index contributed by atoms with van der Waals surface area (Å²) in [5.41, 5.74) is -0.910. The number of piperidine rings is 1. The van der Waals surface area contributed by atoms with Gasteiger partial charge in [0.25, 0.3) is 11.8 Å². The zero-order valence-electron chi connectivity index (χ0n) is 23.6. The van der Waals surface area contributed by atoms with Crippen molar-refractivity contribution in [3.8, 4) is 10.4 Å². The third kappa shape index (κ3) is 7.58. The van der Waals surface area contributed by atoms with Gasteiger partial charge in [-0.05, 0) is 71.4 Å². The summed E-state index contributed by atoms with van der Waals surface area (Å²) in [6.45, 7) is 13.6. The Labute approximate surface area is 240 Å². The van der Waals surface area contributed by atoms with Gasteiger partial charge in [-0.1, -0.05) is 31.5 Å². The maximum absolute atomic E-state index is 13.6. The predicted molar refractivity (Wildman–Crippen MR) is 155 cm³/mol. The van der Waals surface area contributed by atoms with Crippen LogP contribution >= 0.6 is 22.9 Å². The molecule has 1 saturated heterocycles. The van der Waals surface area contributed by atoms with Crippen LogP contribution in [0, 0.1) is 12.8 Å². The maximum Gasteiger partial charge on any atom is 0.280 e. The Morgan fingerprint density at radius 1 is 1.21 bits per heavy atom. The van der Waals surface area contributed by atoms with Crippen LogP contribution in [-0.4, -0.2) is 66.0 Å². The molecule has 0 radical (unpaired) electrons. The van der Waals surface area contributed by atoms with Crippen molar-refractivity contribution in [2.24, 2.45) is 5.92 Å². The summed E-state index contributed by atoms with van der Waals surface area (Å²) in [4.78, 5) is 33.1. The molecule has 12 heteroatoms. The first-order valence-corrected chi connectivity index (χ1v) is 15.8. The number of amides is 2. The van der Waals surface area contributed by atoms with E-state index < -0.39 is 27.1 Å². The number of aliphatic hydroxyl groups is 1. The van der Waals surface area contributed by atoms with Crippen molar-refractivity contribution in [1.29, 1.82) is 0 Å². The first-order chi connectivity index (χ1) is 18.0. The lowest BCUT2D eigenvalue weighted by atomic mass is 9.99. The molecule has 0 aliphatic carbocycles. The molecule has 0 bridgehead atoms. The fourth-order valence-corrected chi connectivity index (χ4v) is 7.21. The molecule has 1 aromatic heterocycles. The monoisotopic (exact) mass is 598 g/mol. The van der Waals surface area contributed by atoms with Gasteiger partial charge in [-0.25, -0.2) is 18.1 Å². The summed E-state index contributed by atoms with van der Waals surface area (Å²) in [5, 5.41) is 12.9. The van der Waals surface area contributed by atoms with Gasteiger partial charge in [0.1, 0.15) is 5.69 Å². The number of rotatable bonds is 9. The van der Waals surface area contributed by atoms with Gasteiger partial charge in [-0.3, -0.25) is 9.59 Å². The van der Waals surface area contributed by atoms with Gasteiger partial charge in [-0.2, -0.15) is 0 Å². The molecule has 2 heterocycles. The van der Waals surface area contributed by atoms with Crippen molar-refractivity contribution in [2.75, 3.05) is 19.6 Å². The van der Waals surface area contributed by atoms with Crippen LogP contribution in [0.15, 0.2) is 17.0 Å². The maximum atomic E-state index is 13.6. The van der Waals surface area contributed by atoms with Crippen LogP contribution in [0.3, 0.4) is 0 Å². The number of halogens is 1. The Hall–Kier alpha value is -2.05. The van der Waals surface area contributed by atoms with E-state index in [0.717, 1.165) is 24.2 Å². The highest BCUT2D eigenvalue weighted by Crippen LogP contribution is 2.40. The summed E-state index contributed by atoms with van der Waals surface area (Å²) in [6, 6.07) is 3.03. The number of hydrogen-bond donors (Lipinski definition) is 3. The van der Waals surface area contributed by atoms with Gasteiger partial charge < -0.3 is 15.3 Å². The number of carbonyl (C=O) groups is 2. The SMILES string of the molecule is CCC(C)(C)NS(=O)(=O)c1ccc(-c2sc(C(=O)NCC(C)(C)O)nc2C(=O)N2CCC(C)CC2)c(Cl)c1C. The standard InChI is InChI=1S/C27H39ClN4O5S2/c1-8-26(4,5)31-39(36,37)19-10-9-18(20(28)17(19)3)22-21(25(34)32-13-11-16(2)12-14-32)30-24(38-22)23(33)29-15-27(6,7)35/h9-10,16,31,35H,8,11-15H2,1-7H3,(H,29,33). The molecule has 216 valence electrons. The minimum atomic E-state index is -3.87. The predicted octanol–water partition coefficient (Wildman–Crippen LogP) is 4.61. The lowest BCUT2D eigenvalue weighted by molar-refractivity contribution is 0.0685. The number of hydrogen-bond acceptors (Lipinski definition) is 7. The zero-order valence-corrected chi connectivity index (χ0v) is 26.0. The Morgan fingerprint density at radius 2 is 1.82 bits per heavy atom. The molecule has 3 N–H and O–H groups in total. The average Bonchev–Trinajstić information content (AvgIpc) is 3.28.